The summed E-state index contributed by atoms with van der Waals surface area (Å²) >= 11 is 0. The molecule has 0 aliphatic heterocycles. The number of rotatable bonds is 3. The normalized spacial score (nSPS) is 25.4. The van der Waals surface area contributed by atoms with E-state index in [2.05, 4.69) is 24.3 Å². The Morgan fingerprint density at radius 2 is 2.50 bits per heavy atom. The number of nitrogens with one attached hydrogen (secondary N) is 1. The van der Waals surface area contributed by atoms with E-state index < -0.39 is 0 Å². The monoisotopic (exact) mass is 194 g/mol. The van der Waals surface area contributed by atoms with Crippen molar-refractivity contribution in [3.8, 4) is 0 Å². The summed E-state index contributed by atoms with van der Waals surface area (Å²) in [4.78, 5) is 0. The van der Waals surface area contributed by atoms with Crippen LogP contribution in [0.25, 0.3) is 0 Å². The van der Waals surface area contributed by atoms with Gasteiger partial charge in [0.25, 0.3) is 0 Å². The molecule has 3 nitrogen and oxygen atoms in total. The lowest BCUT2D eigenvalue weighted by Gasteiger charge is -2.17. The van der Waals surface area contributed by atoms with Crippen LogP contribution in [0.15, 0.2) is 16.9 Å². The van der Waals surface area contributed by atoms with Gasteiger partial charge in [-0.2, -0.15) is 0 Å². The Hall–Kier alpha value is -0.830. The Morgan fingerprint density at radius 1 is 1.64 bits per heavy atom. The molecule has 0 radical (unpaired) electrons. The van der Waals surface area contributed by atoms with Gasteiger partial charge in [0.05, 0.1) is 5.69 Å². The van der Waals surface area contributed by atoms with E-state index in [1.54, 1.807) is 6.26 Å². The van der Waals surface area contributed by atoms with Gasteiger partial charge in [0.15, 0.2) is 0 Å². The highest BCUT2D eigenvalue weighted by Crippen LogP contribution is 2.36. The number of aromatic nitrogens is 1. The van der Waals surface area contributed by atoms with Crippen LogP contribution in [0, 0.1) is 5.41 Å². The molecule has 1 aromatic heterocycles. The molecule has 0 aromatic carbocycles. The molecule has 2 rings (SSSR count). The minimum Gasteiger partial charge on any atom is -0.364 e. The average molecular weight is 194 g/mol. The molecule has 1 heterocycles. The second-order valence-electron chi connectivity index (χ2n) is 4.98. The third kappa shape index (κ3) is 2.35. The lowest BCUT2D eigenvalue weighted by molar-refractivity contribution is 0.361. The predicted octanol–water partition coefficient (Wildman–Crippen LogP) is 2.34. The first-order valence-electron chi connectivity index (χ1n) is 5.28. The van der Waals surface area contributed by atoms with Crippen molar-refractivity contribution in [3.05, 3.63) is 18.0 Å². The zero-order valence-electron chi connectivity index (χ0n) is 8.92. The van der Waals surface area contributed by atoms with Crippen LogP contribution in [-0.2, 0) is 6.54 Å². The molecular weight excluding hydrogens is 176 g/mol. The van der Waals surface area contributed by atoms with E-state index in [9.17, 15) is 0 Å². The van der Waals surface area contributed by atoms with Gasteiger partial charge >= 0.3 is 0 Å². The highest BCUT2D eigenvalue weighted by Gasteiger charge is 2.30. The molecule has 0 saturated heterocycles. The molecule has 0 bridgehead atoms. The van der Waals surface area contributed by atoms with Crippen molar-refractivity contribution in [1.82, 2.24) is 10.5 Å². The summed E-state index contributed by atoms with van der Waals surface area (Å²) in [5.41, 5.74) is 1.51. The molecule has 78 valence electrons. The maximum absolute atomic E-state index is 4.78. The van der Waals surface area contributed by atoms with Crippen LogP contribution in [0.1, 0.15) is 38.8 Å². The smallest absolute Gasteiger partial charge is 0.124 e. The summed E-state index contributed by atoms with van der Waals surface area (Å²) in [5.74, 6) is 0. The van der Waals surface area contributed by atoms with Crippen molar-refractivity contribution in [3.63, 3.8) is 0 Å². The van der Waals surface area contributed by atoms with E-state index in [0.29, 0.717) is 11.5 Å². The Balaban J connectivity index is 1.78. The van der Waals surface area contributed by atoms with Crippen molar-refractivity contribution < 1.29 is 4.52 Å². The minimum absolute atomic E-state index is 0.515. The fourth-order valence-corrected chi connectivity index (χ4v) is 2.19. The van der Waals surface area contributed by atoms with E-state index in [1.807, 2.05) is 6.07 Å². The van der Waals surface area contributed by atoms with Crippen LogP contribution < -0.4 is 5.32 Å². The summed E-state index contributed by atoms with van der Waals surface area (Å²) in [6, 6.07) is 2.56. The van der Waals surface area contributed by atoms with Crippen LogP contribution >= 0.6 is 0 Å². The molecule has 1 aliphatic rings. The van der Waals surface area contributed by atoms with Crippen molar-refractivity contribution in [2.45, 2.75) is 45.7 Å². The standard InChI is InChI=1S/C11H18N2O/c1-11(2)5-3-9(7-11)12-8-10-4-6-14-13-10/h4,6,9,12H,3,5,7-8H2,1-2H3. The van der Waals surface area contributed by atoms with Gasteiger partial charge in [-0.25, -0.2) is 0 Å². The summed E-state index contributed by atoms with van der Waals surface area (Å²) in [6.45, 7) is 5.51. The zero-order valence-corrected chi connectivity index (χ0v) is 8.92. The van der Waals surface area contributed by atoms with Crippen molar-refractivity contribution in [2.75, 3.05) is 0 Å². The number of nitrogens with zero attached hydrogens (tertiary/aromatic N) is 1. The second kappa shape index (κ2) is 3.73. The summed E-state index contributed by atoms with van der Waals surface area (Å²) in [6.07, 6.45) is 5.49. The lowest BCUT2D eigenvalue weighted by Crippen LogP contribution is -2.26. The van der Waals surface area contributed by atoms with E-state index >= 15 is 0 Å². The van der Waals surface area contributed by atoms with Crippen LogP contribution in [-0.4, -0.2) is 11.2 Å². The zero-order chi connectivity index (χ0) is 10.0. The fraction of sp³-hybridized carbons (Fsp3) is 0.727. The SMILES string of the molecule is CC1(C)CCC(NCc2ccon2)C1. The average Bonchev–Trinajstić information content (AvgIpc) is 2.70. The molecule has 1 N–H and O–H groups in total. The van der Waals surface area contributed by atoms with Gasteiger partial charge in [-0.1, -0.05) is 19.0 Å². The Kier molecular flexibility index (Phi) is 2.59. The van der Waals surface area contributed by atoms with E-state index in [4.69, 9.17) is 4.52 Å². The highest BCUT2D eigenvalue weighted by molar-refractivity contribution is 4.96. The molecule has 1 atom stereocenters. The van der Waals surface area contributed by atoms with Crippen LogP contribution in [0.2, 0.25) is 0 Å². The third-order valence-electron chi connectivity index (χ3n) is 3.03. The fourth-order valence-electron chi connectivity index (χ4n) is 2.19. The van der Waals surface area contributed by atoms with E-state index in [1.165, 1.54) is 19.3 Å². The highest BCUT2D eigenvalue weighted by atomic mass is 16.5. The molecule has 1 saturated carbocycles. The van der Waals surface area contributed by atoms with Gasteiger partial charge in [-0.05, 0) is 24.7 Å². The molecule has 1 unspecified atom stereocenters. The van der Waals surface area contributed by atoms with Gasteiger partial charge in [0.1, 0.15) is 6.26 Å². The molecule has 14 heavy (non-hydrogen) atoms. The third-order valence-corrected chi connectivity index (χ3v) is 3.03. The molecular formula is C11H18N2O. The predicted molar refractivity (Wildman–Crippen MR) is 54.8 cm³/mol. The molecule has 0 spiro atoms. The first-order valence-corrected chi connectivity index (χ1v) is 5.28. The summed E-state index contributed by atoms with van der Waals surface area (Å²) in [7, 11) is 0. The van der Waals surface area contributed by atoms with Crippen molar-refractivity contribution >= 4 is 0 Å². The van der Waals surface area contributed by atoms with Gasteiger partial charge in [-0.3, -0.25) is 0 Å². The first-order chi connectivity index (χ1) is 6.66. The molecule has 1 aliphatic carbocycles. The largest absolute Gasteiger partial charge is 0.364 e. The van der Waals surface area contributed by atoms with Gasteiger partial charge in [0.2, 0.25) is 0 Å². The number of hydrogen-bond donors (Lipinski definition) is 1. The van der Waals surface area contributed by atoms with Gasteiger partial charge in [-0.15, -0.1) is 0 Å². The summed E-state index contributed by atoms with van der Waals surface area (Å²) < 4.78 is 4.78. The van der Waals surface area contributed by atoms with E-state index in [0.717, 1.165) is 12.2 Å². The van der Waals surface area contributed by atoms with Crippen LogP contribution in [0.4, 0.5) is 0 Å². The molecule has 0 amide bonds. The molecule has 3 heteroatoms. The number of hydrogen-bond acceptors (Lipinski definition) is 3. The van der Waals surface area contributed by atoms with Gasteiger partial charge < -0.3 is 9.84 Å². The topological polar surface area (TPSA) is 38.1 Å². The van der Waals surface area contributed by atoms with Gasteiger partial charge in [0, 0.05) is 18.7 Å². The summed E-state index contributed by atoms with van der Waals surface area (Å²) in [5, 5.41) is 7.39. The van der Waals surface area contributed by atoms with E-state index in [-0.39, 0.29) is 0 Å². The maximum atomic E-state index is 4.78. The Labute approximate surface area is 84.9 Å². The quantitative estimate of drug-likeness (QED) is 0.802. The Morgan fingerprint density at radius 3 is 3.07 bits per heavy atom. The maximum Gasteiger partial charge on any atom is 0.124 e. The van der Waals surface area contributed by atoms with Crippen LogP contribution in [0.3, 0.4) is 0 Å². The van der Waals surface area contributed by atoms with Crippen LogP contribution in [0.5, 0.6) is 0 Å². The van der Waals surface area contributed by atoms with Crippen molar-refractivity contribution in [1.29, 1.82) is 0 Å². The lowest BCUT2D eigenvalue weighted by atomic mass is 9.92. The van der Waals surface area contributed by atoms with Crippen molar-refractivity contribution in [2.24, 2.45) is 5.41 Å². The molecule has 1 fully saturated rings. The Bertz CT molecular complexity index is 279. The molecule has 1 aromatic rings. The first kappa shape index (κ1) is 9.71. The second-order valence-corrected chi connectivity index (χ2v) is 4.98. The minimum atomic E-state index is 0.515.